The first-order valence-electron chi connectivity index (χ1n) is 9.59. The van der Waals surface area contributed by atoms with Crippen molar-refractivity contribution in [1.29, 1.82) is 0 Å². The largest absolute Gasteiger partial charge is 0.507 e. The van der Waals surface area contributed by atoms with Crippen molar-refractivity contribution in [3.63, 3.8) is 0 Å². The Hall–Kier alpha value is -1.45. The maximum absolute atomic E-state index is 10.8. The molecule has 25 heavy (non-hydrogen) atoms. The molecule has 0 spiro atoms. The third kappa shape index (κ3) is 2.51. The van der Waals surface area contributed by atoms with Gasteiger partial charge in [-0.2, -0.15) is 0 Å². The number of phenolic OH excluding ortho intramolecular Hbond substituents is 1. The number of hydrogen-bond acceptors (Lipinski definition) is 3. The number of piperidine rings is 1. The van der Waals surface area contributed by atoms with E-state index in [-0.39, 0.29) is 0 Å². The summed E-state index contributed by atoms with van der Waals surface area (Å²) in [7, 11) is 0. The Bertz CT molecular complexity index is 786. The molecule has 1 saturated heterocycles. The summed E-state index contributed by atoms with van der Waals surface area (Å²) in [5.41, 5.74) is 3.24. The van der Waals surface area contributed by atoms with Crippen LogP contribution in [0, 0.1) is 5.92 Å². The van der Waals surface area contributed by atoms with Gasteiger partial charge in [-0.25, -0.2) is 0 Å². The first kappa shape index (κ1) is 15.8. The highest BCUT2D eigenvalue weighted by Gasteiger charge is 2.51. The third-order valence-corrected chi connectivity index (χ3v) is 7.75. The number of aromatic hydroxyl groups is 1. The highest BCUT2D eigenvalue weighted by molar-refractivity contribution is 7.99. The lowest BCUT2D eigenvalue weighted by molar-refractivity contribution is 0.0794. The molecule has 2 fully saturated rings. The van der Waals surface area contributed by atoms with Crippen molar-refractivity contribution in [3.05, 3.63) is 53.6 Å². The fourth-order valence-electron chi connectivity index (χ4n) is 5.65. The lowest BCUT2D eigenvalue weighted by Gasteiger charge is -2.56. The van der Waals surface area contributed by atoms with E-state index in [1.165, 1.54) is 48.1 Å². The van der Waals surface area contributed by atoms with Gasteiger partial charge in [0.05, 0.1) is 4.90 Å². The van der Waals surface area contributed by atoms with Crippen molar-refractivity contribution in [2.75, 3.05) is 6.54 Å². The molecule has 2 N–H and O–H groups in total. The molecule has 1 heterocycles. The van der Waals surface area contributed by atoms with E-state index in [1.54, 1.807) is 11.8 Å². The molecule has 0 radical (unpaired) electrons. The summed E-state index contributed by atoms with van der Waals surface area (Å²) < 4.78 is 0. The summed E-state index contributed by atoms with van der Waals surface area (Å²) in [4.78, 5) is 2.18. The van der Waals surface area contributed by atoms with Crippen LogP contribution in [0.4, 0.5) is 0 Å². The summed E-state index contributed by atoms with van der Waals surface area (Å²) in [6.07, 6.45) is 7.69. The first-order chi connectivity index (χ1) is 12.3. The van der Waals surface area contributed by atoms with Crippen molar-refractivity contribution >= 4 is 11.8 Å². The first-order valence-corrected chi connectivity index (χ1v) is 10.4. The minimum Gasteiger partial charge on any atom is -0.507 e. The molecule has 5 rings (SSSR count). The summed E-state index contributed by atoms with van der Waals surface area (Å²) in [5, 5.41) is 14.6. The lowest BCUT2D eigenvalue weighted by atomic mass is 9.53. The van der Waals surface area contributed by atoms with E-state index in [0.717, 1.165) is 23.8 Å². The Kier molecular flexibility index (Phi) is 3.83. The Morgan fingerprint density at radius 2 is 1.96 bits per heavy atom. The van der Waals surface area contributed by atoms with Gasteiger partial charge in [0, 0.05) is 16.4 Å². The van der Waals surface area contributed by atoms with Crippen LogP contribution in [0.3, 0.4) is 0 Å². The van der Waals surface area contributed by atoms with Crippen LogP contribution >= 0.6 is 11.8 Å². The second kappa shape index (κ2) is 6.07. The van der Waals surface area contributed by atoms with Gasteiger partial charge in [0.1, 0.15) is 5.75 Å². The number of hydrogen-bond donors (Lipinski definition) is 2. The molecule has 1 saturated carbocycles. The van der Waals surface area contributed by atoms with Gasteiger partial charge in [0.2, 0.25) is 0 Å². The molecular weight excluding hydrogens is 326 g/mol. The summed E-state index contributed by atoms with van der Waals surface area (Å²) in [6, 6.07) is 15.4. The van der Waals surface area contributed by atoms with Crippen molar-refractivity contribution < 1.29 is 5.11 Å². The molecule has 2 aliphatic carbocycles. The molecule has 2 bridgehead atoms. The van der Waals surface area contributed by atoms with Crippen molar-refractivity contribution in [2.45, 2.75) is 59.8 Å². The monoisotopic (exact) mass is 351 g/mol. The van der Waals surface area contributed by atoms with Crippen molar-refractivity contribution in [1.82, 2.24) is 5.32 Å². The Balaban J connectivity index is 1.57. The Morgan fingerprint density at radius 3 is 2.84 bits per heavy atom. The second-order valence-electron chi connectivity index (χ2n) is 7.92. The topological polar surface area (TPSA) is 32.3 Å². The van der Waals surface area contributed by atoms with Gasteiger partial charge in [-0.1, -0.05) is 42.8 Å². The van der Waals surface area contributed by atoms with E-state index in [1.807, 2.05) is 6.07 Å². The van der Waals surface area contributed by atoms with Crippen LogP contribution in [0.15, 0.2) is 52.3 Å². The Morgan fingerprint density at radius 1 is 1.08 bits per heavy atom. The van der Waals surface area contributed by atoms with Crippen LogP contribution in [0.2, 0.25) is 0 Å². The zero-order valence-electron chi connectivity index (χ0n) is 14.5. The van der Waals surface area contributed by atoms with Gasteiger partial charge >= 0.3 is 0 Å². The number of benzene rings is 2. The summed E-state index contributed by atoms with van der Waals surface area (Å²) in [5.74, 6) is 1.22. The molecule has 3 atom stereocenters. The molecule has 1 aliphatic heterocycles. The maximum atomic E-state index is 10.8. The third-order valence-electron chi connectivity index (χ3n) is 6.69. The fraction of sp³-hybridized carbons (Fsp3) is 0.455. The molecular formula is C22H25NOS. The van der Waals surface area contributed by atoms with E-state index in [9.17, 15) is 5.11 Å². The smallest absolute Gasteiger partial charge is 0.129 e. The molecule has 2 aromatic carbocycles. The molecule has 3 aliphatic rings. The quantitative estimate of drug-likeness (QED) is 0.808. The van der Waals surface area contributed by atoms with E-state index >= 15 is 0 Å². The zero-order valence-corrected chi connectivity index (χ0v) is 15.3. The predicted molar refractivity (Wildman–Crippen MR) is 102 cm³/mol. The van der Waals surface area contributed by atoms with E-state index in [0.29, 0.717) is 17.2 Å². The minimum atomic E-state index is 0.315. The lowest BCUT2D eigenvalue weighted by Crippen LogP contribution is -2.59. The van der Waals surface area contributed by atoms with Crippen LogP contribution < -0.4 is 5.32 Å². The number of nitrogens with one attached hydrogen (secondary N) is 1. The fourth-order valence-corrected chi connectivity index (χ4v) is 6.56. The normalized spacial score (nSPS) is 30.4. The predicted octanol–water partition coefficient (Wildman–Crippen LogP) is 4.89. The number of phenols is 1. The average Bonchev–Trinajstić information content (AvgIpc) is 2.64. The minimum absolute atomic E-state index is 0.315. The standard InChI is InChI=1S/C22H25NOS/c24-20-14-18-15(13-21(20)25-16-6-2-1-3-7-16)12-19-17-8-4-5-9-22(17,18)10-11-23-19/h1-3,6-7,13-14,17,19,23-24H,4-5,8-12H2/t17-,19+,22+/m0/s1. The van der Waals surface area contributed by atoms with Gasteiger partial charge in [-0.3, -0.25) is 0 Å². The summed E-state index contributed by atoms with van der Waals surface area (Å²) in [6.45, 7) is 1.13. The molecule has 3 heteroatoms. The molecule has 0 aromatic heterocycles. The number of rotatable bonds is 2. The van der Waals surface area contributed by atoms with E-state index in [2.05, 4.69) is 41.7 Å². The van der Waals surface area contributed by atoms with Gasteiger partial charge in [0.25, 0.3) is 0 Å². The van der Waals surface area contributed by atoms with Crippen LogP contribution in [0.1, 0.15) is 43.2 Å². The van der Waals surface area contributed by atoms with Crippen LogP contribution in [-0.2, 0) is 11.8 Å². The molecule has 0 unspecified atom stereocenters. The molecule has 0 amide bonds. The highest BCUT2D eigenvalue weighted by atomic mass is 32.2. The van der Waals surface area contributed by atoms with E-state index in [4.69, 9.17) is 0 Å². The maximum Gasteiger partial charge on any atom is 0.129 e. The molecule has 2 aromatic rings. The average molecular weight is 352 g/mol. The van der Waals surface area contributed by atoms with Crippen LogP contribution in [0.5, 0.6) is 5.75 Å². The van der Waals surface area contributed by atoms with Gasteiger partial charge in [0.15, 0.2) is 0 Å². The van der Waals surface area contributed by atoms with Crippen molar-refractivity contribution in [3.8, 4) is 5.75 Å². The van der Waals surface area contributed by atoms with Crippen LogP contribution in [0.25, 0.3) is 0 Å². The van der Waals surface area contributed by atoms with Gasteiger partial charge in [-0.15, -0.1) is 0 Å². The van der Waals surface area contributed by atoms with Gasteiger partial charge < -0.3 is 10.4 Å². The van der Waals surface area contributed by atoms with Crippen molar-refractivity contribution in [2.24, 2.45) is 5.92 Å². The Labute approximate surface area is 154 Å². The van der Waals surface area contributed by atoms with Gasteiger partial charge in [-0.05, 0) is 73.5 Å². The second-order valence-corrected chi connectivity index (χ2v) is 9.03. The van der Waals surface area contributed by atoms with Crippen LogP contribution in [-0.4, -0.2) is 17.7 Å². The highest BCUT2D eigenvalue weighted by Crippen LogP contribution is 2.55. The SMILES string of the molecule is Oc1cc2c(cc1Sc1ccccc1)C[C@H]1NCC[C@@]23CCCC[C@@H]13. The molecule has 2 nitrogen and oxygen atoms in total. The summed E-state index contributed by atoms with van der Waals surface area (Å²) >= 11 is 1.67. The zero-order chi connectivity index (χ0) is 16.9. The molecule has 130 valence electrons. The number of fused-ring (bicyclic) bond motifs is 1. The van der Waals surface area contributed by atoms with E-state index < -0.39 is 0 Å².